The molecule has 1 rings (SSSR count). The van der Waals surface area contributed by atoms with Crippen LogP contribution in [-0.4, -0.2) is 31.1 Å². The van der Waals surface area contributed by atoms with E-state index < -0.39 is 0 Å². The predicted molar refractivity (Wildman–Crippen MR) is 62.9 cm³/mol. The normalized spacial score (nSPS) is 26.1. The van der Waals surface area contributed by atoms with Crippen LogP contribution in [0.4, 0.5) is 4.79 Å². The van der Waals surface area contributed by atoms with Crippen molar-refractivity contribution in [1.29, 1.82) is 0 Å². The lowest BCUT2D eigenvalue weighted by molar-refractivity contribution is 0.203. The summed E-state index contributed by atoms with van der Waals surface area (Å²) in [5.74, 6) is 0.905. The summed E-state index contributed by atoms with van der Waals surface area (Å²) >= 11 is 0. The van der Waals surface area contributed by atoms with E-state index in [9.17, 15) is 4.79 Å². The molecule has 3 heteroatoms. The van der Waals surface area contributed by atoms with Gasteiger partial charge in [-0.25, -0.2) is 4.79 Å². The molecule has 1 aliphatic carbocycles. The highest BCUT2D eigenvalue weighted by Gasteiger charge is 2.21. The molecule has 1 aliphatic rings. The molecule has 0 radical (unpaired) electrons. The zero-order valence-electron chi connectivity index (χ0n) is 10.3. The lowest BCUT2D eigenvalue weighted by Gasteiger charge is -2.29. The van der Waals surface area contributed by atoms with Gasteiger partial charge in [0.2, 0.25) is 0 Å². The van der Waals surface area contributed by atoms with E-state index in [1.54, 1.807) is 19.0 Å². The number of urea groups is 1. The molecule has 1 N–H and O–H groups in total. The van der Waals surface area contributed by atoms with Crippen molar-refractivity contribution in [2.75, 3.05) is 14.1 Å². The minimum Gasteiger partial charge on any atom is -0.335 e. The van der Waals surface area contributed by atoms with Crippen LogP contribution in [0.3, 0.4) is 0 Å². The van der Waals surface area contributed by atoms with E-state index in [1.165, 1.54) is 25.7 Å². The number of rotatable bonds is 3. The fourth-order valence-corrected chi connectivity index (χ4v) is 2.31. The number of nitrogens with one attached hydrogen (secondary N) is 1. The minimum atomic E-state index is 0.0499. The molecule has 0 heterocycles. The minimum absolute atomic E-state index is 0.0499. The van der Waals surface area contributed by atoms with E-state index in [4.69, 9.17) is 0 Å². The largest absolute Gasteiger partial charge is 0.335 e. The highest BCUT2D eigenvalue weighted by atomic mass is 16.2. The highest BCUT2D eigenvalue weighted by Crippen LogP contribution is 2.27. The molecule has 0 aliphatic heterocycles. The van der Waals surface area contributed by atoms with Gasteiger partial charge in [0.05, 0.1) is 0 Å². The molecule has 1 fully saturated rings. The first kappa shape index (κ1) is 12.3. The smallest absolute Gasteiger partial charge is 0.317 e. The molecule has 0 bridgehead atoms. The first-order chi connectivity index (χ1) is 7.13. The van der Waals surface area contributed by atoms with Gasteiger partial charge >= 0.3 is 6.03 Å². The van der Waals surface area contributed by atoms with Gasteiger partial charge < -0.3 is 10.2 Å². The quantitative estimate of drug-likeness (QED) is 0.766. The number of hydrogen-bond donors (Lipinski definition) is 1. The van der Waals surface area contributed by atoms with Gasteiger partial charge in [0, 0.05) is 20.1 Å². The lowest BCUT2D eigenvalue weighted by atomic mass is 9.83. The van der Waals surface area contributed by atoms with Crippen molar-refractivity contribution in [1.82, 2.24) is 10.2 Å². The molecule has 0 aromatic carbocycles. The maximum atomic E-state index is 11.4. The molecule has 0 aromatic rings. The highest BCUT2D eigenvalue weighted by molar-refractivity contribution is 5.73. The van der Waals surface area contributed by atoms with Crippen LogP contribution in [0.15, 0.2) is 0 Å². The topological polar surface area (TPSA) is 32.3 Å². The van der Waals surface area contributed by atoms with E-state index in [2.05, 4.69) is 12.2 Å². The van der Waals surface area contributed by atoms with Crippen LogP contribution in [-0.2, 0) is 0 Å². The Bertz CT molecular complexity index is 196. The Morgan fingerprint density at radius 2 is 1.87 bits per heavy atom. The van der Waals surface area contributed by atoms with Gasteiger partial charge in [-0.1, -0.05) is 19.8 Å². The molecular formula is C12H24N2O. The van der Waals surface area contributed by atoms with Crippen LogP contribution < -0.4 is 5.32 Å². The molecule has 15 heavy (non-hydrogen) atoms. The molecular weight excluding hydrogens is 188 g/mol. The van der Waals surface area contributed by atoms with Crippen molar-refractivity contribution in [3.05, 3.63) is 0 Å². The first-order valence-corrected chi connectivity index (χ1v) is 6.11. The zero-order valence-corrected chi connectivity index (χ0v) is 10.3. The molecule has 88 valence electrons. The number of hydrogen-bond acceptors (Lipinski definition) is 1. The average molecular weight is 212 g/mol. The van der Waals surface area contributed by atoms with Crippen LogP contribution in [0.1, 0.15) is 45.4 Å². The summed E-state index contributed by atoms with van der Waals surface area (Å²) in [7, 11) is 3.58. The Morgan fingerprint density at radius 1 is 1.27 bits per heavy atom. The summed E-state index contributed by atoms with van der Waals surface area (Å²) in [4.78, 5) is 13.0. The molecule has 0 spiro atoms. The maximum absolute atomic E-state index is 11.4. The monoisotopic (exact) mass is 212 g/mol. The van der Waals surface area contributed by atoms with Gasteiger partial charge in [-0.3, -0.25) is 0 Å². The van der Waals surface area contributed by atoms with Crippen molar-refractivity contribution >= 4 is 6.03 Å². The van der Waals surface area contributed by atoms with Crippen molar-refractivity contribution in [3.8, 4) is 0 Å². The predicted octanol–water partition coefficient (Wildman–Crippen LogP) is 2.62. The number of carbonyl (C=O) groups excluding carboxylic acids is 1. The van der Waals surface area contributed by atoms with Crippen molar-refractivity contribution in [2.24, 2.45) is 5.92 Å². The second-order valence-corrected chi connectivity index (χ2v) is 4.85. The summed E-state index contributed by atoms with van der Waals surface area (Å²) in [5.41, 5.74) is 0. The van der Waals surface area contributed by atoms with Gasteiger partial charge in [-0.15, -0.1) is 0 Å². The van der Waals surface area contributed by atoms with Crippen LogP contribution in [0.5, 0.6) is 0 Å². The zero-order chi connectivity index (χ0) is 11.3. The first-order valence-electron chi connectivity index (χ1n) is 6.11. The SMILES string of the molecule is CCCC1CCC(NC(=O)N(C)C)CC1. The molecule has 0 aromatic heterocycles. The number of amides is 2. The van der Waals surface area contributed by atoms with Crippen molar-refractivity contribution in [3.63, 3.8) is 0 Å². The van der Waals surface area contributed by atoms with Crippen LogP contribution >= 0.6 is 0 Å². The summed E-state index contributed by atoms with van der Waals surface area (Å²) < 4.78 is 0. The Kier molecular flexibility index (Phi) is 4.92. The molecule has 0 saturated heterocycles. The van der Waals surface area contributed by atoms with Crippen LogP contribution in [0, 0.1) is 5.92 Å². The average Bonchev–Trinajstić information content (AvgIpc) is 2.21. The summed E-state index contributed by atoms with van der Waals surface area (Å²) in [6, 6.07) is 0.460. The number of carbonyl (C=O) groups is 1. The van der Waals surface area contributed by atoms with Crippen LogP contribution in [0.25, 0.3) is 0 Å². The molecule has 3 nitrogen and oxygen atoms in total. The fourth-order valence-electron chi connectivity index (χ4n) is 2.31. The third kappa shape index (κ3) is 4.10. The molecule has 2 amide bonds. The summed E-state index contributed by atoms with van der Waals surface area (Å²) in [5, 5.41) is 3.07. The van der Waals surface area contributed by atoms with Gasteiger partial charge in [0.25, 0.3) is 0 Å². The Morgan fingerprint density at radius 3 is 2.33 bits per heavy atom. The Labute approximate surface area is 93.2 Å². The van der Waals surface area contributed by atoms with Gasteiger partial charge in [-0.05, 0) is 31.6 Å². The van der Waals surface area contributed by atoms with Crippen molar-refractivity contribution in [2.45, 2.75) is 51.5 Å². The second kappa shape index (κ2) is 5.99. The standard InChI is InChI=1S/C12H24N2O/c1-4-5-10-6-8-11(9-7-10)13-12(15)14(2)3/h10-11H,4-9H2,1-3H3,(H,13,15). The third-order valence-electron chi connectivity index (χ3n) is 3.28. The van der Waals surface area contributed by atoms with E-state index >= 15 is 0 Å². The summed E-state index contributed by atoms with van der Waals surface area (Å²) in [6.07, 6.45) is 7.53. The van der Waals surface area contributed by atoms with E-state index in [0.717, 1.165) is 18.8 Å². The third-order valence-corrected chi connectivity index (χ3v) is 3.28. The maximum Gasteiger partial charge on any atom is 0.317 e. The van der Waals surface area contributed by atoms with Gasteiger partial charge in [0.1, 0.15) is 0 Å². The van der Waals surface area contributed by atoms with E-state index in [0.29, 0.717) is 6.04 Å². The van der Waals surface area contributed by atoms with Crippen molar-refractivity contribution < 1.29 is 4.79 Å². The Balaban J connectivity index is 2.22. The van der Waals surface area contributed by atoms with E-state index in [1.807, 2.05) is 0 Å². The fraction of sp³-hybridized carbons (Fsp3) is 0.917. The molecule has 0 unspecified atom stereocenters. The number of nitrogens with zero attached hydrogens (tertiary/aromatic N) is 1. The van der Waals surface area contributed by atoms with Crippen LogP contribution in [0.2, 0.25) is 0 Å². The molecule has 0 atom stereocenters. The van der Waals surface area contributed by atoms with E-state index in [-0.39, 0.29) is 6.03 Å². The van der Waals surface area contributed by atoms with Gasteiger partial charge in [-0.2, -0.15) is 0 Å². The Hall–Kier alpha value is -0.730. The summed E-state index contributed by atoms with van der Waals surface area (Å²) in [6.45, 7) is 2.25. The molecule has 1 saturated carbocycles. The second-order valence-electron chi connectivity index (χ2n) is 4.85. The lowest BCUT2D eigenvalue weighted by Crippen LogP contribution is -2.43. The van der Waals surface area contributed by atoms with Gasteiger partial charge in [0.15, 0.2) is 0 Å².